The molecule has 0 aliphatic rings. The highest BCUT2D eigenvalue weighted by Crippen LogP contribution is 2.14. The van der Waals surface area contributed by atoms with Gasteiger partial charge in [-0.1, -0.05) is 34.5 Å². The topological polar surface area (TPSA) is 17.8 Å². The Labute approximate surface area is 87.8 Å². The van der Waals surface area contributed by atoms with E-state index in [-0.39, 0.29) is 0 Å². The summed E-state index contributed by atoms with van der Waals surface area (Å²) in [6.45, 7) is 4.20. The van der Waals surface area contributed by atoms with E-state index in [1.165, 1.54) is 11.1 Å². The molecular weight excluding hydrogens is 228 g/mol. The van der Waals surface area contributed by atoms with E-state index in [2.05, 4.69) is 34.0 Å². The van der Waals surface area contributed by atoms with Crippen molar-refractivity contribution in [2.45, 2.75) is 20.3 Å². The molecule has 0 radical (unpaired) electrons. The molecule has 0 fully saturated rings. The van der Waals surface area contributed by atoms with Crippen molar-refractivity contribution < 1.29 is 0 Å². The van der Waals surface area contributed by atoms with Crippen LogP contribution in [0.3, 0.4) is 0 Å². The number of halogens is 1. The molecular formula is C10H15BrN2. The van der Waals surface area contributed by atoms with Crippen molar-refractivity contribution in [1.29, 1.82) is 0 Å². The third-order valence-electron chi connectivity index (χ3n) is 2.04. The lowest BCUT2D eigenvalue weighted by atomic mass is 10.1. The Hall–Kier alpha value is -0.570. The van der Waals surface area contributed by atoms with Crippen LogP contribution in [0.15, 0.2) is 11.8 Å². The van der Waals surface area contributed by atoms with Gasteiger partial charge in [0.1, 0.15) is 0 Å². The molecule has 0 aliphatic heterocycles. The Bertz CT molecular complexity index is 307. The molecule has 1 heterocycles. The Morgan fingerprint density at radius 3 is 2.77 bits per heavy atom. The maximum atomic E-state index is 4.29. The lowest BCUT2D eigenvalue weighted by molar-refractivity contribution is 0.756. The van der Waals surface area contributed by atoms with Crippen LogP contribution in [0.4, 0.5) is 0 Å². The maximum Gasteiger partial charge on any atom is 0.0665 e. The number of hydrogen-bond donors (Lipinski definition) is 0. The summed E-state index contributed by atoms with van der Waals surface area (Å²) < 4.78 is 1.85. The zero-order valence-corrected chi connectivity index (χ0v) is 9.93. The lowest BCUT2D eigenvalue weighted by Crippen LogP contribution is -1.86. The predicted molar refractivity (Wildman–Crippen MR) is 60.0 cm³/mol. The minimum Gasteiger partial charge on any atom is -0.275 e. The summed E-state index contributed by atoms with van der Waals surface area (Å²) in [7, 11) is 1.95. The summed E-state index contributed by atoms with van der Waals surface area (Å²) in [6, 6.07) is 0. The zero-order valence-electron chi connectivity index (χ0n) is 8.34. The second-order valence-electron chi connectivity index (χ2n) is 3.13. The molecule has 0 N–H and O–H groups in total. The minimum atomic E-state index is 0.942. The summed E-state index contributed by atoms with van der Waals surface area (Å²) in [5.74, 6) is 0. The Morgan fingerprint density at radius 2 is 2.38 bits per heavy atom. The second kappa shape index (κ2) is 4.61. The van der Waals surface area contributed by atoms with Gasteiger partial charge in [0.2, 0.25) is 0 Å². The molecule has 0 aliphatic carbocycles. The quantitative estimate of drug-likeness (QED) is 0.746. The summed E-state index contributed by atoms with van der Waals surface area (Å²) in [5.41, 5.74) is 3.71. The van der Waals surface area contributed by atoms with Crippen LogP contribution in [0.1, 0.15) is 24.6 Å². The number of alkyl halides is 1. The van der Waals surface area contributed by atoms with Crippen LogP contribution >= 0.6 is 15.9 Å². The van der Waals surface area contributed by atoms with E-state index < -0.39 is 0 Å². The molecule has 0 atom stereocenters. The highest BCUT2D eigenvalue weighted by molar-refractivity contribution is 9.09. The van der Waals surface area contributed by atoms with E-state index in [4.69, 9.17) is 0 Å². The molecule has 0 spiro atoms. The monoisotopic (exact) mass is 242 g/mol. The third kappa shape index (κ3) is 2.69. The first kappa shape index (κ1) is 10.5. The highest BCUT2D eigenvalue weighted by atomic mass is 79.9. The molecule has 13 heavy (non-hydrogen) atoms. The molecule has 0 saturated carbocycles. The van der Waals surface area contributed by atoms with Crippen LogP contribution in [-0.2, 0) is 7.05 Å². The van der Waals surface area contributed by atoms with Crippen molar-refractivity contribution in [3.8, 4) is 0 Å². The van der Waals surface area contributed by atoms with Gasteiger partial charge in [-0.15, -0.1) is 0 Å². The van der Waals surface area contributed by atoms with Gasteiger partial charge in [-0.05, 0) is 13.3 Å². The third-order valence-corrected chi connectivity index (χ3v) is 2.76. The number of nitrogens with zero attached hydrogens (tertiary/aromatic N) is 2. The van der Waals surface area contributed by atoms with Gasteiger partial charge in [0.05, 0.1) is 5.69 Å². The van der Waals surface area contributed by atoms with Gasteiger partial charge in [0.25, 0.3) is 0 Å². The van der Waals surface area contributed by atoms with Crippen LogP contribution in [0.25, 0.3) is 6.08 Å². The molecule has 2 nitrogen and oxygen atoms in total. The molecule has 0 aromatic carbocycles. The SMILES string of the molecule is CCC(=Cc1cn(C)nc1C)CBr. The van der Waals surface area contributed by atoms with Gasteiger partial charge in [0, 0.05) is 24.1 Å². The molecule has 0 unspecified atom stereocenters. The zero-order chi connectivity index (χ0) is 9.84. The van der Waals surface area contributed by atoms with Crippen LogP contribution in [-0.4, -0.2) is 15.1 Å². The van der Waals surface area contributed by atoms with Gasteiger partial charge >= 0.3 is 0 Å². The second-order valence-corrected chi connectivity index (χ2v) is 3.69. The van der Waals surface area contributed by atoms with Crippen LogP contribution < -0.4 is 0 Å². The van der Waals surface area contributed by atoms with E-state index in [0.29, 0.717) is 0 Å². The summed E-state index contributed by atoms with van der Waals surface area (Å²) in [4.78, 5) is 0. The Morgan fingerprint density at radius 1 is 1.69 bits per heavy atom. The average Bonchev–Trinajstić information content (AvgIpc) is 2.41. The van der Waals surface area contributed by atoms with Gasteiger partial charge in [-0.2, -0.15) is 5.10 Å². The molecule has 1 aromatic heterocycles. The normalized spacial score (nSPS) is 12.2. The Balaban J connectivity index is 2.95. The average molecular weight is 243 g/mol. The fraction of sp³-hybridized carbons (Fsp3) is 0.500. The number of rotatable bonds is 3. The van der Waals surface area contributed by atoms with E-state index in [0.717, 1.165) is 17.4 Å². The van der Waals surface area contributed by atoms with Crippen molar-refractivity contribution in [3.63, 3.8) is 0 Å². The van der Waals surface area contributed by atoms with Gasteiger partial charge in [-0.25, -0.2) is 0 Å². The lowest BCUT2D eigenvalue weighted by Gasteiger charge is -1.97. The van der Waals surface area contributed by atoms with Crippen molar-refractivity contribution in [1.82, 2.24) is 9.78 Å². The van der Waals surface area contributed by atoms with Crippen LogP contribution in [0.2, 0.25) is 0 Å². The van der Waals surface area contributed by atoms with Crippen molar-refractivity contribution in [3.05, 3.63) is 23.0 Å². The fourth-order valence-electron chi connectivity index (χ4n) is 1.21. The minimum absolute atomic E-state index is 0.942. The smallest absolute Gasteiger partial charge is 0.0665 e. The van der Waals surface area contributed by atoms with Gasteiger partial charge in [-0.3, -0.25) is 4.68 Å². The largest absolute Gasteiger partial charge is 0.275 e. The molecule has 0 bridgehead atoms. The fourth-order valence-corrected chi connectivity index (χ4v) is 1.77. The molecule has 3 heteroatoms. The first-order valence-corrected chi connectivity index (χ1v) is 5.55. The van der Waals surface area contributed by atoms with Crippen molar-refractivity contribution >= 4 is 22.0 Å². The maximum absolute atomic E-state index is 4.29. The molecule has 1 rings (SSSR count). The van der Waals surface area contributed by atoms with Gasteiger partial charge < -0.3 is 0 Å². The number of aryl methyl sites for hydroxylation is 2. The number of aromatic nitrogens is 2. The highest BCUT2D eigenvalue weighted by Gasteiger charge is 2.00. The summed E-state index contributed by atoms with van der Waals surface area (Å²) in [5, 5.41) is 5.23. The van der Waals surface area contributed by atoms with Crippen LogP contribution in [0, 0.1) is 6.92 Å². The Kier molecular flexibility index (Phi) is 3.72. The van der Waals surface area contributed by atoms with E-state index in [1.807, 2.05) is 24.9 Å². The molecule has 0 saturated heterocycles. The van der Waals surface area contributed by atoms with E-state index >= 15 is 0 Å². The molecule has 1 aromatic rings. The number of hydrogen-bond acceptors (Lipinski definition) is 1. The van der Waals surface area contributed by atoms with Crippen molar-refractivity contribution in [2.75, 3.05) is 5.33 Å². The summed E-state index contributed by atoms with van der Waals surface area (Å²) >= 11 is 3.47. The number of allylic oxidation sites excluding steroid dienone is 1. The van der Waals surface area contributed by atoms with E-state index in [1.54, 1.807) is 0 Å². The first-order valence-electron chi connectivity index (χ1n) is 4.43. The molecule has 0 amide bonds. The van der Waals surface area contributed by atoms with Crippen molar-refractivity contribution in [2.24, 2.45) is 7.05 Å². The van der Waals surface area contributed by atoms with E-state index in [9.17, 15) is 0 Å². The first-order chi connectivity index (χ1) is 6.17. The van der Waals surface area contributed by atoms with Gasteiger partial charge in [0.15, 0.2) is 0 Å². The molecule has 72 valence electrons. The predicted octanol–water partition coefficient (Wildman–Crippen LogP) is 2.92. The van der Waals surface area contributed by atoms with Crippen LogP contribution in [0.5, 0.6) is 0 Å². The standard InChI is InChI=1S/C10H15BrN2/c1-4-9(6-11)5-10-7-13(3)12-8(10)2/h5,7H,4,6H2,1-3H3. The summed E-state index contributed by atoms with van der Waals surface area (Å²) in [6.07, 6.45) is 5.34.